The second kappa shape index (κ2) is 8.90. The Balaban J connectivity index is 2.02. The maximum Gasteiger partial charge on any atom is 0.0612 e. The summed E-state index contributed by atoms with van der Waals surface area (Å²) in [6.45, 7) is 10.3. The molecular formula is C14H29NO2. The summed E-state index contributed by atoms with van der Waals surface area (Å²) in [6.07, 6.45) is 5.10. The summed E-state index contributed by atoms with van der Waals surface area (Å²) in [7, 11) is 0. The van der Waals surface area contributed by atoms with Crippen LogP contribution in [0.4, 0.5) is 0 Å². The van der Waals surface area contributed by atoms with Gasteiger partial charge in [0.1, 0.15) is 0 Å². The summed E-state index contributed by atoms with van der Waals surface area (Å²) in [5.74, 6) is 0.625. The molecule has 0 aromatic carbocycles. The van der Waals surface area contributed by atoms with Crippen LogP contribution < -0.4 is 5.32 Å². The minimum atomic E-state index is 0.433. The molecule has 0 radical (unpaired) electrons. The SMILES string of the molecule is CCCCOCCNC1CCOC(C(C)C)C1. The van der Waals surface area contributed by atoms with Gasteiger partial charge in [-0.2, -0.15) is 0 Å². The molecule has 1 fully saturated rings. The van der Waals surface area contributed by atoms with Crippen molar-refractivity contribution in [1.82, 2.24) is 5.32 Å². The first-order valence-electron chi connectivity index (χ1n) is 7.16. The first-order valence-corrected chi connectivity index (χ1v) is 7.16. The molecule has 0 spiro atoms. The van der Waals surface area contributed by atoms with Crippen molar-refractivity contribution < 1.29 is 9.47 Å². The largest absolute Gasteiger partial charge is 0.380 e. The third-order valence-corrected chi connectivity index (χ3v) is 3.38. The summed E-state index contributed by atoms with van der Waals surface area (Å²) >= 11 is 0. The Morgan fingerprint density at radius 1 is 1.35 bits per heavy atom. The van der Waals surface area contributed by atoms with E-state index in [0.29, 0.717) is 18.1 Å². The van der Waals surface area contributed by atoms with Crippen LogP contribution in [0.15, 0.2) is 0 Å². The zero-order chi connectivity index (χ0) is 12.5. The maximum atomic E-state index is 5.76. The fourth-order valence-corrected chi connectivity index (χ4v) is 2.16. The number of rotatable bonds is 8. The van der Waals surface area contributed by atoms with Gasteiger partial charge in [-0.25, -0.2) is 0 Å². The van der Waals surface area contributed by atoms with Crippen LogP contribution in [0.1, 0.15) is 46.5 Å². The fraction of sp³-hybridized carbons (Fsp3) is 1.00. The Hall–Kier alpha value is -0.120. The van der Waals surface area contributed by atoms with Crippen LogP contribution in [0.3, 0.4) is 0 Å². The number of hydrogen-bond acceptors (Lipinski definition) is 3. The minimum Gasteiger partial charge on any atom is -0.380 e. The van der Waals surface area contributed by atoms with Gasteiger partial charge in [0, 0.05) is 25.8 Å². The molecule has 3 heteroatoms. The number of ether oxygens (including phenoxy) is 2. The van der Waals surface area contributed by atoms with Crippen molar-refractivity contribution in [1.29, 1.82) is 0 Å². The number of nitrogens with one attached hydrogen (secondary N) is 1. The van der Waals surface area contributed by atoms with Gasteiger partial charge in [0.2, 0.25) is 0 Å². The van der Waals surface area contributed by atoms with Crippen molar-refractivity contribution in [2.75, 3.05) is 26.4 Å². The highest BCUT2D eigenvalue weighted by atomic mass is 16.5. The molecule has 2 atom stereocenters. The molecule has 1 saturated heterocycles. The van der Waals surface area contributed by atoms with Crippen LogP contribution in [0.2, 0.25) is 0 Å². The van der Waals surface area contributed by atoms with Crippen LogP contribution in [0.25, 0.3) is 0 Å². The molecule has 0 amide bonds. The van der Waals surface area contributed by atoms with Gasteiger partial charge < -0.3 is 14.8 Å². The second-order valence-electron chi connectivity index (χ2n) is 5.29. The maximum absolute atomic E-state index is 5.76. The Morgan fingerprint density at radius 2 is 2.18 bits per heavy atom. The van der Waals surface area contributed by atoms with Gasteiger partial charge in [-0.05, 0) is 25.2 Å². The molecule has 1 aliphatic heterocycles. The first kappa shape index (κ1) is 14.9. The molecule has 102 valence electrons. The van der Waals surface area contributed by atoms with E-state index >= 15 is 0 Å². The van der Waals surface area contributed by atoms with E-state index in [2.05, 4.69) is 26.1 Å². The summed E-state index contributed by atoms with van der Waals surface area (Å²) in [4.78, 5) is 0. The van der Waals surface area contributed by atoms with Crippen molar-refractivity contribution in [2.45, 2.75) is 58.6 Å². The fourth-order valence-electron chi connectivity index (χ4n) is 2.16. The molecular weight excluding hydrogens is 214 g/mol. The molecule has 0 aliphatic carbocycles. The van der Waals surface area contributed by atoms with Crippen LogP contribution in [-0.2, 0) is 9.47 Å². The van der Waals surface area contributed by atoms with Gasteiger partial charge in [-0.15, -0.1) is 0 Å². The highest BCUT2D eigenvalue weighted by molar-refractivity contribution is 4.78. The third kappa shape index (κ3) is 6.39. The zero-order valence-corrected chi connectivity index (χ0v) is 11.7. The molecule has 0 bridgehead atoms. The highest BCUT2D eigenvalue weighted by Crippen LogP contribution is 2.19. The van der Waals surface area contributed by atoms with Gasteiger partial charge in [-0.3, -0.25) is 0 Å². The molecule has 1 N–H and O–H groups in total. The van der Waals surface area contributed by atoms with Crippen molar-refractivity contribution in [3.05, 3.63) is 0 Å². The Morgan fingerprint density at radius 3 is 2.88 bits per heavy atom. The predicted octanol–water partition coefficient (Wildman–Crippen LogP) is 2.60. The minimum absolute atomic E-state index is 0.433. The summed E-state index contributed by atoms with van der Waals surface area (Å²) in [6, 6.07) is 0.617. The Kier molecular flexibility index (Phi) is 7.82. The zero-order valence-electron chi connectivity index (χ0n) is 11.7. The van der Waals surface area contributed by atoms with E-state index in [1.54, 1.807) is 0 Å². The average molecular weight is 243 g/mol. The van der Waals surface area contributed by atoms with E-state index in [1.165, 1.54) is 12.8 Å². The molecule has 1 aliphatic rings. The molecule has 17 heavy (non-hydrogen) atoms. The van der Waals surface area contributed by atoms with Crippen molar-refractivity contribution in [2.24, 2.45) is 5.92 Å². The van der Waals surface area contributed by atoms with Gasteiger partial charge in [0.05, 0.1) is 12.7 Å². The van der Waals surface area contributed by atoms with Gasteiger partial charge in [-0.1, -0.05) is 27.2 Å². The Bertz CT molecular complexity index is 185. The summed E-state index contributed by atoms with van der Waals surface area (Å²) < 4.78 is 11.3. The van der Waals surface area contributed by atoms with Crippen LogP contribution in [0, 0.1) is 5.92 Å². The first-order chi connectivity index (χ1) is 8.24. The van der Waals surface area contributed by atoms with Gasteiger partial charge in [0.25, 0.3) is 0 Å². The summed E-state index contributed by atoms with van der Waals surface area (Å²) in [5.41, 5.74) is 0. The third-order valence-electron chi connectivity index (χ3n) is 3.38. The molecule has 0 aromatic heterocycles. The number of hydrogen-bond donors (Lipinski definition) is 1. The van der Waals surface area contributed by atoms with Crippen molar-refractivity contribution in [3.63, 3.8) is 0 Å². The standard InChI is InChI=1S/C14H29NO2/c1-4-5-8-16-10-7-15-13-6-9-17-14(11-13)12(2)3/h12-15H,4-11H2,1-3H3. The van der Waals surface area contributed by atoms with Crippen LogP contribution in [-0.4, -0.2) is 38.5 Å². The summed E-state index contributed by atoms with van der Waals surface area (Å²) in [5, 5.41) is 3.58. The molecule has 1 heterocycles. The lowest BCUT2D eigenvalue weighted by molar-refractivity contribution is -0.0252. The lowest BCUT2D eigenvalue weighted by Crippen LogP contribution is -2.41. The van der Waals surface area contributed by atoms with Gasteiger partial charge in [0.15, 0.2) is 0 Å². The quantitative estimate of drug-likeness (QED) is 0.665. The Labute approximate surface area is 106 Å². The molecule has 1 rings (SSSR count). The van der Waals surface area contributed by atoms with Gasteiger partial charge >= 0.3 is 0 Å². The van der Waals surface area contributed by atoms with E-state index in [1.807, 2.05) is 0 Å². The van der Waals surface area contributed by atoms with E-state index in [-0.39, 0.29) is 0 Å². The second-order valence-corrected chi connectivity index (χ2v) is 5.29. The predicted molar refractivity (Wildman–Crippen MR) is 71.3 cm³/mol. The highest BCUT2D eigenvalue weighted by Gasteiger charge is 2.24. The molecule has 0 aromatic rings. The van der Waals surface area contributed by atoms with E-state index in [4.69, 9.17) is 9.47 Å². The number of unbranched alkanes of at least 4 members (excludes halogenated alkanes) is 1. The van der Waals surface area contributed by atoms with Crippen LogP contribution in [0.5, 0.6) is 0 Å². The average Bonchev–Trinajstić information content (AvgIpc) is 2.34. The van der Waals surface area contributed by atoms with Crippen LogP contribution >= 0.6 is 0 Å². The smallest absolute Gasteiger partial charge is 0.0612 e. The van der Waals surface area contributed by atoms with Crippen molar-refractivity contribution in [3.8, 4) is 0 Å². The monoisotopic (exact) mass is 243 g/mol. The lowest BCUT2D eigenvalue weighted by atomic mass is 9.95. The van der Waals surface area contributed by atoms with E-state index in [9.17, 15) is 0 Å². The van der Waals surface area contributed by atoms with E-state index in [0.717, 1.165) is 39.2 Å². The molecule has 2 unspecified atom stereocenters. The normalized spacial score (nSPS) is 25.4. The lowest BCUT2D eigenvalue weighted by Gasteiger charge is -2.32. The topological polar surface area (TPSA) is 30.5 Å². The van der Waals surface area contributed by atoms with E-state index < -0.39 is 0 Å². The molecule has 3 nitrogen and oxygen atoms in total. The molecule has 0 saturated carbocycles. The van der Waals surface area contributed by atoms with Crippen molar-refractivity contribution >= 4 is 0 Å².